The number of allylic oxidation sites excluding steroid dienone is 1. The minimum absolute atomic E-state index is 0.542. The zero-order chi connectivity index (χ0) is 11.2. The topological polar surface area (TPSA) is 35.0 Å². The van der Waals surface area contributed by atoms with Crippen LogP contribution in [-0.2, 0) is 4.74 Å². The molecule has 1 aliphatic heterocycles. The summed E-state index contributed by atoms with van der Waals surface area (Å²) in [7, 11) is 0. The van der Waals surface area contributed by atoms with Crippen molar-refractivity contribution in [3.8, 4) is 0 Å². The van der Waals surface area contributed by atoms with Crippen molar-refractivity contribution in [2.45, 2.75) is 23.2 Å². The van der Waals surface area contributed by atoms with Crippen LogP contribution >= 0.6 is 11.8 Å². The van der Waals surface area contributed by atoms with Crippen LogP contribution in [0, 0.1) is 5.92 Å². The van der Waals surface area contributed by atoms with Gasteiger partial charge >= 0.3 is 0 Å². The fourth-order valence-corrected chi connectivity index (χ4v) is 2.96. The lowest BCUT2D eigenvalue weighted by Gasteiger charge is -2.29. The van der Waals surface area contributed by atoms with Crippen LogP contribution in [0.1, 0.15) is 12.8 Å². The van der Waals surface area contributed by atoms with Gasteiger partial charge < -0.3 is 4.74 Å². The average Bonchev–Trinajstić information content (AvgIpc) is 2.33. The third kappa shape index (κ3) is 3.06. The van der Waals surface area contributed by atoms with Crippen LogP contribution in [0.25, 0.3) is 0 Å². The molecule has 3 nitrogen and oxygen atoms in total. The first-order valence-corrected chi connectivity index (χ1v) is 6.40. The number of hydrogen-bond acceptors (Lipinski definition) is 4. The maximum Gasteiger partial charge on any atom is 0.187 e. The number of nitrogens with zero attached hydrogens (tertiary/aromatic N) is 2. The van der Waals surface area contributed by atoms with Gasteiger partial charge in [0.15, 0.2) is 5.16 Å². The van der Waals surface area contributed by atoms with Gasteiger partial charge in [0.2, 0.25) is 0 Å². The van der Waals surface area contributed by atoms with E-state index in [4.69, 9.17) is 4.74 Å². The summed E-state index contributed by atoms with van der Waals surface area (Å²) in [5.41, 5.74) is 0. The van der Waals surface area contributed by atoms with Crippen LogP contribution in [0.4, 0.5) is 0 Å². The fraction of sp³-hybridized carbons (Fsp3) is 0.500. The highest BCUT2D eigenvalue weighted by atomic mass is 32.2. The predicted octanol–water partition coefficient (Wildman–Crippen LogP) is 2.55. The third-order valence-electron chi connectivity index (χ3n) is 2.67. The Labute approximate surface area is 100 Å². The van der Waals surface area contributed by atoms with Gasteiger partial charge in [-0.25, -0.2) is 9.97 Å². The van der Waals surface area contributed by atoms with Gasteiger partial charge in [-0.15, -0.1) is 6.58 Å². The zero-order valence-electron chi connectivity index (χ0n) is 9.21. The van der Waals surface area contributed by atoms with Crippen LogP contribution in [0.15, 0.2) is 36.3 Å². The molecule has 4 heteroatoms. The van der Waals surface area contributed by atoms with Crippen LogP contribution in [0.5, 0.6) is 0 Å². The van der Waals surface area contributed by atoms with Crippen molar-refractivity contribution in [3.05, 3.63) is 31.1 Å². The predicted molar refractivity (Wildman–Crippen MR) is 65.4 cm³/mol. The fourth-order valence-electron chi connectivity index (χ4n) is 1.85. The van der Waals surface area contributed by atoms with E-state index in [1.165, 1.54) is 0 Å². The smallest absolute Gasteiger partial charge is 0.187 e. The summed E-state index contributed by atoms with van der Waals surface area (Å²) in [5.74, 6) is 0.542. The van der Waals surface area contributed by atoms with Gasteiger partial charge in [-0.2, -0.15) is 0 Å². The van der Waals surface area contributed by atoms with Gasteiger partial charge in [-0.3, -0.25) is 0 Å². The van der Waals surface area contributed by atoms with Gasteiger partial charge in [0.1, 0.15) is 0 Å². The second-order valence-electron chi connectivity index (χ2n) is 3.84. The quantitative estimate of drug-likeness (QED) is 0.594. The minimum Gasteiger partial charge on any atom is -0.381 e. The third-order valence-corrected chi connectivity index (χ3v) is 4.02. The molecule has 0 N–H and O–H groups in total. The summed E-state index contributed by atoms with van der Waals surface area (Å²) in [5, 5.41) is 1.41. The molecule has 0 bridgehead atoms. The van der Waals surface area contributed by atoms with Crippen molar-refractivity contribution in [2.75, 3.05) is 13.2 Å². The molecule has 2 atom stereocenters. The normalized spacial score (nSPS) is 25.2. The number of hydrogen-bond donors (Lipinski definition) is 0. The highest BCUT2D eigenvalue weighted by Gasteiger charge is 2.26. The Kier molecular flexibility index (Phi) is 4.36. The van der Waals surface area contributed by atoms with Gasteiger partial charge in [0.05, 0.1) is 6.61 Å². The summed E-state index contributed by atoms with van der Waals surface area (Å²) >= 11 is 1.76. The maximum absolute atomic E-state index is 5.50. The van der Waals surface area contributed by atoms with E-state index in [2.05, 4.69) is 16.5 Å². The number of thioether (sulfide) groups is 1. The Morgan fingerprint density at radius 1 is 1.50 bits per heavy atom. The molecule has 0 spiro atoms. The molecule has 0 radical (unpaired) electrons. The van der Waals surface area contributed by atoms with Crippen molar-refractivity contribution in [2.24, 2.45) is 5.92 Å². The molecule has 1 fully saturated rings. The van der Waals surface area contributed by atoms with E-state index in [1.807, 2.05) is 12.1 Å². The first-order chi connectivity index (χ1) is 7.90. The molecule has 86 valence electrons. The largest absolute Gasteiger partial charge is 0.381 e. The Morgan fingerprint density at radius 2 is 2.31 bits per heavy atom. The molecule has 0 saturated carbocycles. The minimum atomic E-state index is 0.542. The van der Waals surface area contributed by atoms with Gasteiger partial charge in [0.25, 0.3) is 0 Å². The van der Waals surface area contributed by atoms with Gasteiger partial charge in [-0.1, -0.05) is 17.8 Å². The summed E-state index contributed by atoms with van der Waals surface area (Å²) in [6, 6.07) is 1.84. The molecule has 1 aromatic rings. The lowest BCUT2D eigenvalue weighted by molar-refractivity contribution is 0.0602. The van der Waals surface area contributed by atoms with Crippen molar-refractivity contribution in [1.82, 2.24) is 9.97 Å². The average molecular weight is 236 g/mol. The molecule has 0 amide bonds. The van der Waals surface area contributed by atoms with Crippen LogP contribution in [0.2, 0.25) is 0 Å². The molecule has 1 aliphatic rings. The van der Waals surface area contributed by atoms with E-state index in [1.54, 1.807) is 24.2 Å². The molecule has 16 heavy (non-hydrogen) atoms. The standard InChI is InChI=1S/C12H16N2OS/c1-2-4-10-9-15-8-5-11(10)16-12-13-6-3-7-14-12/h2-3,6-7,10-11H,1,4-5,8-9H2/t10-,11-/m1/s1. The van der Waals surface area contributed by atoms with Crippen LogP contribution in [0.3, 0.4) is 0 Å². The number of rotatable bonds is 4. The van der Waals surface area contributed by atoms with E-state index in [0.29, 0.717) is 11.2 Å². The summed E-state index contributed by atoms with van der Waals surface area (Å²) < 4.78 is 5.50. The Hall–Kier alpha value is -0.870. The summed E-state index contributed by atoms with van der Waals surface area (Å²) in [6.07, 6.45) is 7.62. The zero-order valence-corrected chi connectivity index (χ0v) is 10.0. The summed E-state index contributed by atoms with van der Waals surface area (Å²) in [6.45, 7) is 5.48. The van der Waals surface area contributed by atoms with E-state index in [9.17, 15) is 0 Å². The van der Waals surface area contributed by atoms with E-state index in [-0.39, 0.29) is 0 Å². The summed E-state index contributed by atoms with van der Waals surface area (Å²) in [4.78, 5) is 8.51. The van der Waals surface area contributed by atoms with E-state index in [0.717, 1.165) is 31.2 Å². The first kappa shape index (κ1) is 11.6. The van der Waals surface area contributed by atoms with Crippen LogP contribution in [-0.4, -0.2) is 28.4 Å². The molecule has 2 rings (SSSR count). The molecule has 1 saturated heterocycles. The highest BCUT2D eigenvalue weighted by molar-refractivity contribution is 7.99. The molecular formula is C12H16N2OS. The monoisotopic (exact) mass is 236 g/mol. The van der Waals surface area contributed by atoms with Crippen molar-refractivity contribution >= 4 is 11.8 Å². The molecular weight excluding hydrogens is 220 g/mol. The SMILES string of the molecule is C=CC[C@@H]1COCC[C@H]1Sc1ncccn1. The lowest BCUT2D eigenvalue weighted by atomic mass is 9.98. The van der Waals surface area contributed by atoms with Crippen LogP contribution < -0.4 is 0 Å². The van der Waals surface area contributed by atoms with E-state index < -0.39 is 0 Å². The van der Waals surface area contributed by atoms with Crippen molar-refractivity contribution < 1.29 is 4.74 Å². The first-order valence-electron chi connectivity index (χ1n) is 5.52. The molecule has 2 heterocycles. The number of aromatic nitrogens is 2. The Balaban J connectivity index is 1.98. The highest BCUT2D eigenvalue weighted by Crippen LogP contribution is 2.32. The lowest BCUT2D eigenvalue weighted by Crippen LogP contribution is -2.29. The van der Waals surface area contributed by atoms with Crippen molar-refractivity contribution in [3.63, 3.8) is 0 Å². The second-order valence-corrected chi connectivity index (χ2v) is 5.04. The van der Waals surface area contributed by atoms with E-state index >= 15 is 0 Å². The Bertz CT molecular complexity index is 331. The molecule has 0 unspecified atom stereocenters. The molecule has 0 aliphatic carbocycles. The maximum atomic E-state index is 5.50. The second kappa shape index (κ2) is 6.01. The van der Waals surface area contributed by atoms with Gasteiger partial charge in [0, 0.05) is 24.3 Å². The Morgan fingerprint density at radius 3 is 3.06 bits per heavy atom. The number of ether oxygens (including phenoxy) is 1. The van der Waals surface area contributed by atoms with Crippen molar-refractivity contribution in [1.29, 1.82) is 0 Å². The molecule has 1 aromatic heterocycles. The van der Waals surface area contributed by atoms with Gasteiger partial charge in [-0.05, 0) is 24.8 Å². The molecule has 0 aromatic carbocycles.